The smallest absolute Gasteiger partial charge is 0.337 e. The third-order valence-corrected chi connectivity index (χ3v) is 5.54. The van der Waals surface area contributed by atoms with E-state index in [0.29, 0.717) is 22.4 Å². The second-order valence-electron chi connectivity index (χ2n) is 7.72. The first-order chi connectivity index (χ1) is 14.9. The van der Waals surface area contributed by atoms with Crippen LogP contribution < -0.4 is 10.6 Å². The van der Waals surface area contributed by atoms with Gasteiger partial charge in [0.1, 0.15) is 6.04 Å². The number of aryl methyl sites for hydroxylation is 1. The number of methoxy groups -OCH3 is 1. The molecule has 0 aromatic heterocycles. The molecule has 0 radical (unpaired) electrons. The number of hydrogen-bond acceptors (Lipinski definition) is 5. The fourth-order valence-electron chi connectivity index (χ4n) is 3.79. The van der Waals surface area contributed by atoms with Crippen LogP contribution in [0, 0.1) is 6.92 Å². The van der Waals surface area contributed by atoms with Gasteiger partial charge in [-0.1, -0.05) is 24.3 Å². The van der Waals surface area contributed by atoms with Gasteiger partial charge >= 0.3 is 5.97 Å². The normalized spacial score (nSPS) is 17.2. The van der Waals surface area contributed by atoms with Crippen LogP contribution in [0.25, 0.3) is 0 Å². The van der Waals surface area contributed by atoms with Gasteiger partial charge in [-0.05, 0) is 49.1 Å². The first-order valence-electron chi connectivity index (χ1n) is 10.1. The number of ether oxygens (including phenoxy) is 1. The average molecular weight is 421 g/mol. The second-order valence-corrected chi connectivity index (χ2v) is 7.72. The summed E-state index contributed by atoms with van der Waals surface area (Å²) in [5, 5.41) is 5.36. The van der Waals surface area contributed by atoms with E-state index in [-0.39, 0.29) is 24.4 Å². The molecule has 0 saturated heterocycles. The minimum Gasteiger partial charge on any atom is -0.465 e. The van der Waals surface area contributed by atoms with Gasteiger partial charge in [0, 0.05) is 17.3 Å². The molecule has 2 aromatic carbocycles. The number of nitrogens with zero attached hydrogens (tertiary/aromatic N) is 1. The maximum atomic E-state index is 13.0. The Morgan fingerprint density at radius 3 is 2.58 bits per heavy atom. The third kappa shape index (κ3) is 4.01. The topological polar surface area (TPSA) is 105 Å². The number of nitrogens with one attached hydrogen (secondary N) is 2. The molecule has 1 aliphatic carbocycles. The standard InChI is InChI=1S/C23H23N3O5/c1-13-7-8-14(23(30)31-2)11-18(13)25-19(27)12-24-21(28)20-16-5-3-4-6-17(16)22(29)26(20)15-9-10-15/h3-8,11,15,20H,9-10,12H2,1-2H3,(H,24,28)(H,25,27). The Balaban J connectivity index is 1.44. The van der Waals surface area contributed by atoms with Gasteiger partial charge in [-0.3, -0.25) is 14.4 Å². The SMILES string of the molecule is COC(=O)c1ccc(C)c(NC(=O)CNC(=O)C2c3ccccc3C(=O)N2C2CC2)c1. The summed E-state index contributed by atoms with van der Waals surface area (Å²) in [5.74, 6) is -1.47. The molecule has 2 aliphatic rings. The molecular weight excluding hydrogens is 398 g/mol. The zero-order valence-electron chi connectivity index (χ0n) is 17.3. The van der Waals surface area contributed by atoms with Gasteiger partial charge in [0.25, 0.3) is 5.91 Å². The van der Waals surface area contributed by atoms with E-state index in [1.807, 2.05) is 0 Å². The molecule has 8 nitrogen and oxygen atoms in total. The quantitative estimate of drug-likeness (QED) is 0.696. The van der Waals surface area contributed by atoms with Crippen molar-refractivity contribution in [3.05, 3.63) is 64.7 Å². The molecular formula is C23H23N3O5. The van der Waals surface area contributed by atoms with Gasteiger partial charge in [-0.25, -0.2) is 4.79 Å². The molecule has 2 N–H and O–H groups in total. The van der Waals surface area contributed by atoms with E-state index in [0.717, 1.165) is 18.4 Å². The average Bonchev–Trinajstić information content (AvgIpc) is 3.57. The van der Waals surface area contributed by atoms with Crippen molar-refractivity contribution in [2.45, 2.75) is 31.8 Å². The Kier molecular flexibility index (Phi) is 5.46. The summed E-state index contributed by atoms with van der Waals surface area (Å²) in [4.78, 5) is 51.5. The summed E-state index contributed by atoms with van der Waals surface area (Å²) >= 11 is 0. The lowest BCUT2D eigenvalue weighted by Crippen LogP contribution is -2.42. The largest absolute Gasteiger partial charge is 0.465 e. The Labute approximate surface area is 179 Å². The summed E-state index contributed by atoms with van der Waals surface area (Å²) in [6, 6.07) is 11.3. The van der Waals surface area contributed by atoms with Gasteiger partial charge in [0.2, 0.25) is 11.8 Å². The van der Waals surface area contributed by atoms with Crippen molar-refractivity contribution in [2.75, 3.05) is 19.0 Å². The fourth-order valence-corrected chi connectivity index (χ4v) is 3.79. The number of amides is 3. The number of carbonyl (C=O) groups excluding carboxylic acids is 4. The van der Waals surface area contributed by atoms with Crippen molar-refractivity contribution >= 4 is 29.4 Å². The van der Waals surface area contributed by atoms with Crippen molar-refractivity contribution in [1.82, 2.24) is 10.2 Å². The molecule has 160 valence electrons. The van der Waals surface area contributed by atoms with E-state index in [1.165, 1.54) is 13.2 Å². The summed E-state index contributed by atoms with van der Waals surface area (Å²) in [6.07, 6.45) is 1.75. The van der Waals surface area contributed by atoms with Gasteiger partial charge in [-0.15, -0.1) is 0 Å². The molecule has 8 heteroatoms. The zero-order valence-corrected chi connectivity index (χ0v) is 17.3. The molecule has 0 spiro atoms. The van der Waals surface area contributed by atoms with Crippen molar-refractivity contribution in [1.29, 1.82) is 0 Å². The van der Waals surface area contributed by atoms with Gasteiger partial charge in [0.05, 0.1) is 19.2 Å². The molecule has 2 aromatic rings. The van der Waals surface area contributed by atoms with E-state index in [9.17, 15) is 19.2 Å². The number of esters is 1. The first kappa shape index (κ1) is 20.6. The first-order valence-corrected chi connectivity index (χ1v) is 10.1. The molecule has 0 bridgehead atoms. The molecule has 1 saturated carbocycles. The van der Waals surface area contributed by atoms with Crippen molar-refractivity contribution < 1.29 is 23.9 Å². The van der Waals surface area contributed by atoms with Gasteiger partial charge in [-0.2, -0.15) is 0 Å². The highest BCUT2D eigenvalue weighted by atomic mass is 16.5. The van der Waals surface area contributed by atoms with E-state index >= 15 is 0 Å². The lowest BCUT2D eigenvalue weighted by molar-refractivity contribution is -0.127. The van der Waals surface area contributed by atoms with Crippen LogP contribution in [0.3, 0.4) is 0 Å². The molecule has 1 atom stereocenters. The summed E-state index contributed by atoms with van der Waals surface area (Å²) in [7, 11) is 1.28. The van der Waals surface area contributed by atoms with Crippen LogP contribution in [-0.4, -0.2) is 48.3 Å². The lowest BCUT2D eigenvalue weighted by Gasteiger charge is -2.24. The minimum atomic E-state index is -0.728. The fraction of sp³-hybridized carbons (Fsp3) is 0.304. The predicted molar refractivity (Wildman–Crippen MR) is 113 cm³/mol. The Morgan fingerprint density at radius 1 is 1.13 bits per heavy atom. The van der Waals surface area contributed by atoms with Crippen LogP contribution >= 0.6 is 0 Å². The number of benzene rings is 2. The molecule has 31 heavy (non-hydrogen) atoms. The van der Waals surface area contributed by atoms with Gasteiger partial charge in [0.15, 0.2) is 0 Å². The van der Waals surface area contributed by atoms with Crippen LogP contribution in [0.4, 0.5) is 5.69 Å². The zero-order chi connectivity index (χ0) is 22.1. The minimum absolute atomic E-state index is 0.0631. The predicted octanol–water partition coefficient (Wildman–Crippen LogP) is 2.20. The van der Waals surface area contributed by atoms with Crippen LogP contribution in [0.15, 0.2) is 42.5 Å². The molecule has 3 amide bonds. The number of hydrogen-bond donors (Lipinski definition) is 2. The van der Waals surface area contributed by atoms with Gasteiger partial charge < -0.3 is 20.3 Å². The monoisotopic (exact) mass is 421 g/mol. The number of fused-ring (bicyclic) bond motifs is 1. The van der Waals surface area contributed by atoms with E-state index in [2.05, 4.69) is 10.6 Å². The lowest BCUT2D eigenvalue weighted by atomic mass is 10.0. The summed E-state index contributed by atoms with van der Waals surface area (Å²) in [6.45, 7) is 1.54. The van der Waals surface area contributed by atoms with E-state index in [1.54, 1.807) is 48.2 Å². The van der Waals surface area contributed by atoms with E-state index < -0.39 is 17.9 Å². The van der Waals surface area contributed by atoms with Crippen LogP contribution in [0.2, 0.25) is 0 Å². The Morgan fingerprint density at radius 2 is 1.87 bits per heavy atom. The summed E-state index contributed by atoms with van der Waals surface area (Å²) in [5.41, 5.74) is 2.74. The Bertz CT molecular complexity index is 1080. The second kappa shape index (κ2) is 8.22. The molecule has 1 aliphatic heterocycles. The van der Waals surface area contributed by atoms with Crippen LogP contribution in [0.5, 0.6) is 0 Å². The molecule has 4 rings (SSSR count). The van der Waals surface area contributed by atoms with Crippen LogP contribution in [0.1, 0.15) is 50.7 Å². The molecule has 1 unspecified atom stereocenters. The molecule has 1 fully saturated rings. The van der Waals surface area contributed by atoms with Crippen LogP contribution in [-0.2, 0) is 14.3 Å². The maximum absolute atomic E-state index is 13.0. The third-order valence-electron chi connectivity index (χ3n) is 5.54. The highest BCUT2D eigenvalue weighted by molar-refractivity contribution is 6.06. The van der Waals surface area contributed by atoms with Crippen molar-refractivity contribution in [3.8, 4) is 0 Å². The number of anilines is 1. The summed E-state index contributed by atoms with van der Waals surface area (Å²) < 4.78 is 4.70. The number of rotatable bonds is 6. The molecule has 1 heterocycles. The number of carbonyl (C=O) groups is 4. The maximum Gasteiger partial charge on any atom is 0.337 e. The highest BCUT2D eigenvalue weighted by Gasteiger charge is 2.47. The highest BCUT2D eigenvalue weighted by Crippen LogP contribution is 2.41. The van der Waals surface area contributed by atoms with Crippen molar-refractivity contribution in [3.63, 3.8) is 0 Å². The Hall–Kier alpha value is -3.68. The van der Waals surface area contributed by atoms with E-state index in [4.69, 9.17) is 4.74 Å². The van der Waals surface area contributed by atoms with Crippen molar-refractivity contribution in [2.24, 2.45) is 0 Å².